The van der Waals surface area contributed by atoms with Crippen LogP contribution in [-0.4, -0.2) is 27.9 Å². The summed E-state index contributed by atoms with van der Waals surface area (Å²) in [7, 11) is 0. The fourth-order valence-corrected chi connectivity index (χ4v) is 3.13. The fraction of sp³-hybridized carbons (Fsp3) is 0.167. The Hall–Kier alpha value is -3.20. The maximum atomic E-state index is 12.3. The van der Waals surface area contributed by atoms with Crippen molar-refractivity contribution in [2.24, 2.45) is 0 Å². The standard InChI is InChI=1S/C18H15NO7S/c20-16(21)10-15(27-14-4-2-1-3-5-14)17(22)18(23)26-11-12-6-8-13(9-7-12)19(24)25/h1-9,15H,10-11H2,(H,20,21)/p-1. The second kappa shape index (κ2) is 9.48. The molecule has 0 heterocycles. The van der Waals surface area contributed by atoms with E-state index in [2.05, 4.69) is 0 Å². The van der Waals surface area contributed by atoms with Gasteiger partial charge in [-0.05, 0) is 29.8 Å². The highest BCUT2D eigenvalue weighted by molar-refractivity contribution is 8.00. The van der Waals surface area contributed by atoms with Crippen LogP contribution >= 0.6 is 11.8 Å². The van der Waals surface area contributed by atoms with Gasteiger partial charge in [-0.2, -0.15) is 0 Å². The van der Waals surface area contributed by atoms with Gasteiger partial charge in [0.15, 0.2) is 0 Å². The first-order chi connectivity index (χ1) is 12.9. The van der Waals surface area contributed by atoms with Gasteiger partial charge in [0.05, 0.1) is 10.2 Å². The number of hydrogen-bond acceptors (Lipinski definition) is 8. The highest BCUT2D eigenvalue weighted by Gasteiger charge is 2.28. The number of carbonyl (C=O) groups is 3. The summed E-state index contributed by atoms with van der Waals surface area (Å²) >= 11 is 0.934. The molecule has 8 nitrogen and oxygen atoms in total. The van der Waals surface area contributed by atoms with E-state index in [0.717, 1.165) is 11.8 Å². The van der Waals surface area contributed by atoms with E-state index in [1.54, 1.807) is 30.3 Å². The van der Waals surface area contributed by atoms with Crippen LogP contribution in [0.5, 0.6) is 0 Å². The van der Waals surface area contributed by atoms with Gasteiger partial charge in [0.1, 0.15) is 6.61 Å². The molecule has 0 saturated carbocycles. The third-order valence-corrected chi connectivity index (χ3v) is 4.59. The first kappa shape index (κ1) is 20.1. The molecule has 0 radical (unpaired) electrons. The minimum absolute atomic E-state index is 0.116. The first-order valence-corrected chi connectivity index (χ1v) is 8.60. The fourth-order valence-electron chi connectivity index (χ4n) is 2.07. The Kier molecular flexibility index (Phi) is 7.07. The number of benzene rings is 2. The van der Waals surface area contributed by atoms with Gasteiger partial charge in [0, 0.05) is 29.4 Å². The largest absolute Gasteiger partial charge is 0.550 e. The molecule has 0 saturated heterocycles. The minimum Gasteiger partial charge on any atom is -0.550 e. The van der Waals surface area contributed by atoms with Crippen molar-refractivity contribution in [3.63, 3.8) is 0 Å². The lowest BCUT2D eigenvalue weighted by Crippen LogP contribution is -2.34. The number of nitrogens with zero attached hydrogens (tertiary/aromatic N) is 1. The van der Waals surface area contributed by atoms with E-state index < -0.39 is 34.3 Å². The molecule has 0 aromatic heterocycles. The molecular weight excluding hydrogens is 374 g/mol. The molecule has 0 fully saturated rings. The Balaban J connectivity index is 1.99. The highest BCUT2D eigenvalue weighted by atomic mass is 32.2. The molecular formula is C18H14NO7S-. The Labute approximate surface area is 158 Å². The average Bonchev–Trinajstić information content (AvgIpc) is 2.65. The van der Waals surface area contributed by atoms with E-state index in [1.165, 1.54) is 24.3 Å². The van der Waals surface area contributed by atoms with Crippen molar-refractivity contribution < 1.29 is 29.2 Å². The molecule has 1 unspecified atom stereocenters. The number of nitro groups is 1. The quantitative estimate of drug-likeness (QED) is 0.208. The number of carboxylic acid groups (broad SMARTS) is 1. The number of hydrogen-bond donors (Lipinski definition) is 0. The molecule has 2 rings (SSSR count). The Morgan fingerprint density at radius 1 is 1.04 bits per heavy atom. The molecule has 9 heteroatoms. The monoisotopic (exact) mass is 388 g/mol. The summed E-state index contributed by atoms with van der Waals surface area (Å²) in [6.07, 6.45) is -0.634. The van der Waals surface area contributed by atoms with Crippen LogP contribution in [0.15, 0.2) is 59.5 Å². The first-order valence-electron chi connectivity index (χ1n) is 7.72. The zero-order valence-electron chi connectivity index (χ0n) is 13.9. The number of esters is 1. The van der Waals surface area contributed by atoms with E-state index in [9.17, 15) is 29.6 Å². The predicted octanol–water partition coefficient (Wildman–Crippen LogP) is 1.51. The SMILES string of the molecule is O=C([O-])CC(Sc1ccccc1)C(=O)C(=O)OCc1ccc([N+](=O)[O-])cc1. The molecule has 27 heavy (non-hydrogen) atoms. The van der Waals surface area contributed by atoms with Crippen LogP contribution in [0.2, 0.25) is 0 Å². The van der Waals surface area contributed by atoms with E-state index in [0.29, 0.717) is 10.5 Å². The van der Waals surface area contributed by atoms with E-state index in [-0.39, 0.29) is 12.3 Å². The third-order valence-electron chi connectivity index (χ3n) is 3.38. The number of carboxylic acids is 1. The molecule has 0 bridgehead atoms. The number of thioether (sulfide) groups is 1. The molecule has 2 aromatic carbocycles. The van der Waals surface area contributed by atoms with Gasteiger partial charge in [-0.15, -0.1) is 11.8 Å². The van der Waals surface area contributed by atoms with Crippen molar-refractivity contribution in [3.05, 3.63) is 70.3 Å². The van der Waals surface area contributed by atoms with Crippen molar-refractivity contribution in [1.29, 1.82) is 0 Å². The molecule has 1 atom stereocenters. The summed E-state index contributed by atoms with van der Waals surface area (Å²) in [6, 6.07) is 13.8. The molecule has 140 valence electrons. The average molecular weight is 388 g/mol. The molecule has 0 aliphatic heterocycles. The third kappa shape index (κ3) is 6.23. The number of ether oxygens (including phenoxy) is 1. The van der Waals surface area contributed by atoms with E-state index in [4.69, 9.17) is 4.74 Å². The highest BCUT2D eigenvalue weighted by Crippen LogP contribution is 2.26. The summed E-state index contributed by atoms with van der Waals surface area (Å²) in [5.41, 5.74) is 0.336. The Morgan fingerprint density at radius 2 is 1.67 bits per heavy atom. The molecule has 0 N–H and O–H groups in total. The molecule has 2 aromatic rings. The van der Waals surface area contributed by atoms with Gasteiger partial charge < -0.3 is 14.6 Å². The minimum atomic E-state index is -1.46. The van der Waals surface area contributed by atoms with E-state index >= 15 is 0 Å². The van der Waals surface area contributed by atoms with Gasteiger partial charge in [-0.25, -0.2) is 4.79 Å². The summed E-state index contributed by atoms with van der Waals surface area (Å²) in [5, 5.41) is 20.3. The number of aliphatic carboxylic acids is 1. The molecule has 0 spiro atoms. The zero-order chi connectivity index (χ0) is 19.8. The lowest BCUT2D eigenvalue weighted by molar-refractivity contribution is -0.384. The summed E-state index contributed by atoms with van der Waals surface area (Å²) in [6.45, 7) is -0.267. The normalized spacial score (nSPS) is 11.4. The number of nitro benzene ring substituents is 1. The summed E-state index contributed by atoms with van der Waals surface area (Å²) in [5.74, 6) is -3.63. The van der Waals surface area contributed by atoms with Gasteiger partial charge in [-0.1, -0.05) is 18.2 Å². The van der Waals surface area contributed by atoms with Gasteiger partial charge in [0.2, 0.25) is 0 Å². The lowest BCUT2D eigenvalue weighted by Gasteiger charge is -2.15. The second-order valence-electron chi connectivity index (χ2n) is 5.36. The van der Waals surface area contributed by atoms with Gasteiger partial charge >= 0.3 is 5.97 Å². The smallest absolute Gasteiger partial charge is 0.376 e. The van der Waals surface area contributed by atoms with Crippen LogP contribution in [0, 0.1) is 10.1 Å². The van der Waals surface area contributed by atoms with Gasteiger partial charge in [0.25, 0.3) is 11.5 Å². The number of Topliss-reactive ketones (excluding diaryl/α,β-unsaturated/α-hetero) is 1. The van der Waals surface area contributed by atoms with Crippen LogP contribution < -0.4 is 5.11 Å². The van der Waals surface area contributed by atoms with Crippen molar-refractivity contribution in [2.45, 2.75) is 23.2 Å². The molecule has 0 amide bonds. The Morgan fingerprint density at radius 3 is 2.22 bits per heavy atom. The summed E-state index contributed by atoms with van der Waals surface area (Å²) < 4.78 is 4.91. The summed E-state index contributed by atoms with van der Waals surface area (Å²) in [4.78, 5) is 45.8. The van der Waals surface area contributed by atoms with Crippen molar-refractivity contribution in [2.75, 3.05) is 0 Å². The number of ketones is 1. The molecule has 0 aliphatic carbocycles. The van der Waals surface area contributed by atoms with Gasteiger partial charge in [-0.3, -0.25) is 14.9 Å². The van der Waals surface area contributed by atoms with E-state index in [1.807, 2.05) is 0 Å². The Bertz CT molecular complexity index is 837. The van der Waals surface area contributed by atoms with Crippen LogP contribution in [0.3, 0.4) is 0 Å². The second-order valence-corrected chi connectivity index (χ2v) is 6.64. The van der Waals surface area contributed by atoms with Crippen molar-refractivity contribution >= 4 is 35.2 Å². The van der Waals surface area contributed by atoms with Crippen LogP contribution in [0.1, 0.15) is 12.0 Å². The number of carbonyl (C=O) groups excluding carboxylic acids is 3. The van der Waals surface area contributed by atoms with Crippen LogP contribution in [0.25, 0.3) is 0 Å². The topological polar surface area (TPSA) is 127 Å². The van der Waals surface area contributed by atoms with Crippen LogP contribution in [-0.2, 0) is 25.7 Å². The van der Waals surface area contributed by atoms with Crippen molar-refractivity contribution in [3.8, 4) is 0 Å². The number of rotatable bonds is 9. The predicted molar refractivity (Wildman–Crippen MR) is 93.6 cm³/mol. The van der Waals surface area contributed by atoms with Crippen LogP contribution in [0.4, 0.5) is 5.69 Å². The molecule has 0 aliphatic rings. The maximum Gasteiger partial charge on any atom is 0.376 e. The maximum absolute atomic E-state index is 12.3. The zero-order valence-corrected chi connectivity index (χ0v) is 14.7. The lowest BCUT2D eigenvalue weighted by atomic mass is 10.2. The van der Waals surface area contributed by atoms with Crippen molar-refractivity contribution in [1.82, 2.24) is 0 Å². The number of non-ortho nitro benzene ring substituents is 1.